The maximum absolute atomic E-state index is 10.7. The van der Waals surface area contributed by atoms with E-state index in [0.29, 0.717) is 24.0 Å². The Morgan fingerprint density at radius 2 is 1.95 bits per heavy atom. The first kappa shape index (κ1) is 15.8. The normalized spacial score (nSPS) is 14.3. The van der Waals surface area contributed by atoms with E-state index in [0.717, 1.165) is 12.1 Å². The Morgan fingerprint density at radius 3 is 2.47 bits per heavy atom. The minimum Gasteiger partial charge on any atom is -0.497 e. The first-order valence-electron chi connectivity index (χ1n) is 6.59. The van der Waals surface area contributed by atoms with Gasteiger partial charge in [0.15, 0.2) is 0 Å². The zero-order valence-electron chi connectivity index (χ0n) is 12.5. The molecule has 19 heavy (non-hydrogen) atoms. The highest BCUT2D eigenvalue weighted by Gasteiger charge is 2.27. The third-order valence-corrected chi connectivity index (χ3v) is 3.15. The van der Waals surface area contributed by atoms with E-state index in [9.17, 15) is 5.11 Å². The van der Waals surface area contributed by atoms with Gasteiger partial charge in [0.25, 0.3) is 0 Å². The highest BCUT2D eigenvalue weighted by atomic mass is 16.5. The number of ether oxygens (including phenoxy) is 2. The third kappa shape index (κ3) is 4.40. The Morgan fingerprint density at radius 1 is 1.26 bits per heavy atom. The summed E-state index contributed by atoms with van der Waals surface area (Å²) < 4.78 is 10.5. The lowest BCUT2D eigenvalue weighted by atomic mass is 9.91. The van der Waals surface area contributed by atoms with Gasteiger partial charge in [-0.15, -0.1) is 0 Å². The molecule has 0 amide bonds. The van der Waals surface area contributed by atoms with Gasteiger partial charge < -0.3 is 19.9 Å². The summed E-state index contributed by atoms with van der Waals surface area (Å²) in [7, 11) is 3.22. The van der Waals surface area contributed by atoms with Crippen LogP contribution in [0.1, 0.15) is 32.8 Å². The van der Waals surface area contributed by atoms with Crippen molar-refractivity contribution in [3.8, 4) is 11.5 Å². The van der Waals surface area contributed by atoms with Crippen molar-refractivity contribution in [2.45, 2.75) is 38.8 Å². The largest absolute Gasteiger partial charge is 0.497 e. The lowest BCUT2D eigenvalue weighted by Gasteiger charge is -2.26. The SMILES string of the molecule is COc1ccc(OC)c(C(C)(O)CCNC(C)C)c1. The quantitative estimate of drug-likeness (QED) is 0.796. The molecule has 1 rings (SSSR count). The van der Waals surface area contributed by atoms with Crippen LogP contribution >= 0.6 is 0 Å². The molecule has 4 heteroatoms. The zero-order valence-corrected chi connectivity index (χ0v) is 12.5. The first-order chi connectivity index (χ1) is 8.90. The average Bonchev–Trinajstić information content (AvgIpc) is 2.37. The summed E-state index contributed by atoms with van der Waals surface area (Å²) in [5, 5.41) is 14.0. The van der Waals surface area contributed by atoms with Crippen LogP contribution in [0.2, 0.25) is 0 Å². The number of nitrogens with one attached hydrogen (secondary N) is 1. The highest BCUT2D eigenvalue weighted by Crippen LogP contribution is 2.34. The van der Waals surface area contributed by atoms with Gasteiger partial charge >= 0.3 is 0 Å². The third-order valence-electron chi connectivity index (χ3n) is 3.15. The minimum absolute atomic E-state index is 0.406. The fourth-order valence-corrected chi connectivity index (χ4v) is 1.97. The molecule has 2 N–H and O–H groups in total. The molecule has 0 saturated carbocycles. The zero-order chi connectivity index (χ0) is 14.5. The van der Waals surface area contributed by atoms with Crippen molar-refractivity contribution in [1.29, 1.82) is 0 Å². The van der Waals surface area contributed by atoms with Gasteiger partial charge in [0.05, 0.1) is 19.8 Å². The van der Waals surface area contributed by atoms with Crippen LogP contribution in [0.25, 0.3) is 0 Å². The van der Waals surface area contributed by atoms with Gasteiger partial charge in [-0.1, -0.05) is 13.8 Å². The molecular weight excluding hydrogens is 242 g/mol. The molecule has 108 valence electrons. The van der Waals surface area contributed by atoms with E-state index in [1.165, 1.54) is 0 Å². The van der Waals surface area contributed by atoms with E-state index < -0.39 is 5.60 Å². The molecule has 0 aromatic heterocycles. The van der Waals surface area contributed by atoms with E-state index in [1.54, 1.807) is 21.1 Å². The molecule has 0 radical (unpaired) electrons. The second kappa shape index (κ2) is 6.78. The van der Waals surface area contributed by atoms with Gasteiger partial charge in [-0.3, -0.25) is 0 Å². The van der Waals surface area contributed by atoms with Crippen molar-refractivity contribution in [2.24, 2.45) is 0 Å². The summed E-state index contributed by atoms with van der Waals surface area (Å²) in [6, 6.07) is 5.88. The Kier molecular flexibility index (Phi) is 5.63. The molecule has 0 spiro atoms. The fourth-order valence-electron chi connectivity index (χ4n) is 1.97. The summed E-state index contributed by atoms with van der Waals surface area (Å²) in [5.41, 5.74) is -0.207. The summed E-state index contributed by atoms with van der Waals surface area (Å²) in [5.74, 6) is 1.39. The Labute approximate surface area is 115 Å². The van der Waals surface area contributed by atoms with Gasteiger partial charge in [0.1, 0.15) is 11.5 Å². The molecule has 1 unspecified atom stereocenters. The second-order valence-electron chi connectivity index (χ2n) is 5.20. The van der Waals surface area contributed by atoms with Crippen molar-refractivity contribution in [2.75, 3.05) is 20.8 Å². The van der Waals surface area contributed by atoms with Gasteiger partial charge in [0, 0.05) is 11.6 Å². The molecule has 1 aromatic carbocycles. The topological polar surface area (TPSA) is 50.7 Å². The highest BCUT2D eigenvalue weighted by molar-refractivity contribution is 5.43. The lowest BCUT2D eigenvalue weighted by molar-refractivity contribution is 0.0448. The summed E-state index contributed by atoms with van der Waals surface area (Å²) in [6.07, 6.45) is 0.606. The van der Waals surface area contributed by atoms with Gasteiger partial charge in [-0.2, -0.15) is 0 Å². The van der Waals surface area contributed by atoms with Crippen LogP contribution in [0.4, 0.5) is 0 Å². The number of hydrogen-bond donors (Lipinski definition) is 2. The molecule has 0 aliphatic carbocycles. The van der Waals surface area contributed by atoms with Crippen molar-refractivity contribution in [3.63, 3.8) is 0 Å². The predicted molar refractivity (Wildman–Crippen MR) is 76.9 cm³/mol. The van der Waals surface area contributed by atoms with E-state index in [1.807, 2.05) is 18.2 Å². The molecule has 0 aliphatic rings. The van der Waals surface area contributed by atoms with Crippen LogP contribution in [0.3, 0.4) is 0 Å². The molecule has 0 aliphatic heterocycles. The molecule has 1 aromatic rings. The summed E-state index contributed by atoms with van der Waals surface area (Å²) in [6.45, 7) is 6.71. The molecule has 1 atom stereocenters. The summed E-state index contributed by atoms with van der Waals surface area (Å²) >= 11 is 0. The number of benzene rings is 1. The van der Waals surface area contributed by atoms with Gasteiger partial charge in [-0.25, -0.2) is 0 Å². The van der Waals surface area contributed by atoms with E-state index in [-0.39, 0.29) is 0 Å². The maximum Gasteiger partial charge on any atom is 0.125 e. The average molecular weight is 267 g/mol. The van der Waals surface area contributed by atoms with Crippen LogP contribution in [-0.2, 0) is 5.60 Å². The standard InChI is InChI=1S/C15H25NO3/c1-11(2)16-9-8-15(3,17)13-10-12(18-4)6-7-14(13)19-5/h6-7,10-11,16-17H,8-9H2,1-5H3. The van der Waals surface area contributed by atoms with Crippen molar-refractivity contribution in [3.05, 3.63) is 23.8 Å². The Balaban J connectivity index is 2.91. The van der Waals surface area contributed by atoms with E-state index in [2.05, 4.69) is 19.2 Å². The van der Waals surface area contributed by atoms with Crippen molar-refractivity contribution >= 4 is 0 Å². The minimum atomic E-state index is -0.957. The number of aliphatic hydroxyl groups is 1. The van der Waals surface area contributed by atoms with E-state index in [4.69, 9.17) is 9.47 Å². The maximum atomic E-state index is 10.7. The molecule has 4 nitrogen and oxygen atoms in total. The molecular formula is C15H25NO3. The first-order valence-corrected chi connectivity index (χ1v) is 6.59. The van der Waals surface area contributed by atoms with Gasteiger partial charge in [0.2, 0.25) is 0 Å². The Hall–Kier alpha value is -1.26. The van der Waals surface area contributed by atoms with Crippen LogP contribution < -0.4 is 14.8 Å². The fraction of sp³-hybridized carbons (Fsp3) is 0.600. The number of hydrogen-bond acceptors (Lipinski definition) is 4. The van der Waals surface area contributed by atoms with Crippen molar-refractivity contribution < 1.29 is 14.6 Å². The molecule has 0 fully saturated rings. The molecule has 0 bridgehead atoms. The monoisotopic (exact) mass is 267 g/mol. The van der Waals surface area contributed by atoms with Crippen molar-refractivity contribution in [1.82, 2.24) is 5.32 Å². The lowest BCUT2D eigenvalue weighted by Crippen LogP contribution is -2.31. The van der Waals surface area contributed by atoms with Crippen LogP contribution in [-0.4, -0.2) is 31.9 Å². The summed E-state index contributed by atoms with van der Waals surface area (Å²) in [4.78, 5) is 0. The molecule has 0 heterocycles. The molecule has 0 saturated heterocycles. The van der Waals surface area contributed by atoms with Crippen LogP contribution in [0.15, 0.2) is 18.2 Å². The van der Waals surface area contributed by atoms with Crippen LogP contribution in [0, 0.1) is 0 Å². The van der Waals surface area contributed by atoms with Gasteiger partial charge in [-0.05, 0) is 38.1 Å². The Bertz CT molecular complexity index is 402. The second-order valence-corrected chi connectivity index (χ2v) is 5.20. The predicted octanol–water partition coefficient (Wildman–Crippen LogP) is 2.30. The number of rotatable bonds is 7. The number of methoxy groups -OCH3 is 2. The van der Waals surface area contributed by atoms with E-state index >= 15 is 0 Å². The van der Waals surface area contributed by atoms with Crippen LogP contribution in [0.5, 0.6) is 11.5 Å². The smallest absolute Gasteiger partial charge is 0.125 e.